The van der Waals surface area contributed by atoms with E-state index in [0.717, 1.165) is 12.0 Å². The van der Waals surface area contributed by atoms with Gasteiger partial charge < -0.3 is 15.2 Å². The van der Waals surface area contributed by atoms with E-state index >= 15 is 0 Å². The Balaban J connectivity index is 2.80. The summed E-state index contributed by atoms with van der Waals surface area (Å²) in [5, 5.41) is 0. The van der Waals surface area contributed by atoms with Crippen molar-refractivity contribution >= 4 is 5.97 Å². The van der Waals surface area contributed by atoms with Crippen molar-refractivity contribution in [3.05, 3.63) is 29.8 Å². The number of hydrogen-bond acceptors (Lipinski definition) is 4. The van der Waals surface area contributed by atoms with E-state index in [-0.39, 0.29) is 12.0 Å². The Bertz CT molecular complexity index is 392. The second-order valence-corrected chi connectivity index (χ2v) is 4.06. The van der Waals surface area contributed by atoms with E-state index in [1.165, 1.54) is 0 Å². The Hall–Kier alpha value is -1.55. The third-order valence-corrected chi connectivity index (χ3v) is 2.68. The van der Waals surface area contributed by atoms with E-state index in [0.29, 0.717) is 12.4 Å². The summed E-state index contributed by atoms with van der Waals surface area (Å²) in [5.74, 6) is 0.282. The summed E-state index contributed by atoms with van der Waals surface area (Å²) in [4.78, 5) is 11.5. The number of carbonyl (C=O) groups excluding carboxylic acids is 1. The standard InChI is InChI=1S/C14H21NO3/c1-4-12(15)11-8-6-7-9-13(11)18-10(3)14(16)17-5-2/h6-10,12H,4-5,15H2,1-3H3/t10?,12-/m0/s1. The van der Waals surface area contributed by atoms with E-state index in [9.17, 15) is 4.79 Å². The van der Waals surface area contributed by atoms with Gasteiger partial charge in [-0.15, -0.1) is 0 Å². The number of esters is 1. The molecule has 0 aliphatic rings. The average molecular weight is 251 g/mol. The fourth-order valence-electron chi connectivity index (χ4n) is 1.61. The quantitative estimate of drug-likeness (QED) is 0.789. The van der Waals surface area contributed by atoms with Crippen LogP contribution in [0.3, 0.4) is 0 Å². The van der Waals surface area contributed by atoms with Crippen LogP contribution in [0.15, 0.2) is 24.3 Å². The molecule has 0 saturated heterocycles. The number of hydrogen-bond donors (Lipinski definition) is 1. The first-order valence-corrected chi connectivity index (χ1v) is 6.27. The van der Waals surface area contributed by atoms with Gasteiger partial charge in [0.15, 0.2) is 6.10 Å². The van der Waals surface area contributed by atoms with Crippen molar-refractivity contribution in [2.75, 3.05) is 6.61 Å². The van der Waals surface area contributed by atoms with E-state index in [1.54, 1.807) is 13.8 Å². The smallest absolute Gasteiger partial charge is 0.347 e. The lowest BCUT2D eigenvalue weighted by Crippen LogP contribution is -2.27. The number of nitrogens with two attached hydrogens (primary N) is 1. The summed E-state index contributed by atoms with van der Waals surface area (Å²) in [7, 11) is 0. The predicted molar refractivity (Wildman–Crippen MR) is 70.4 cm³/mol. The first-order valence-electron chi connectivity index (χ1n) is 6.27. The van der Waals surface area contributed by atoms with Gasteiger partial charge in [0.2, 0.25) is 0 Å². The highest BCUT2D eigenvalue weighted by atomic mass is 16.6. The highest BCUT2D eigenvalue weighted by Crippen LogP contribution is 2.26. The summed E-state index contributed by atoms with van der Waals surface area (Å²) in [5.41, 5.74) is 6.92. The Morgan fingerprint density at radius 1 is 1.33 bits per heavy atom. The lowest BCUT2D eigenvalue weighted by Gasteiger charge is -2.18. The molecule has 0 heterocycles. The molecule has 18 heavy (non-hydrogen) atoms. The molecule has 1 unspecified atom stereocenters. The zero-order chi connectivity index (χ0) is 13.5. The van der Waals surface area contributed by atoms with Crippen molar-refractivity contribution in [2.24, 2.45) is 5.73 Å². The SMILES string of the molecule is CCOC(=O)C(C)Oc1ccccc1[C@@H](N)CC. The second kappa shape index (κ2) is 7.01. The number of ether oxygens (including phenoxy) is 2. The molecule has 0 saturated carbocycles. The first kappa shape index (κ1) is 14.5. The van der Waals surface area contributed by atoms with Crippen LogP contribution in [0.25, 0.3) is 0 Å². The predicted octanol–water partition coefficient (Wildman–Crippen LogP) is 2.43. The molecule has 100 valence electrons. The molecule has 1 rings (SSSR count). The van der Waals surface area contributed by atoms with Gasteiger partial charge in [0.25, 0.3) is 0 Å². The minimum absolute atomic E-state index is 0.0874. The van der Waals surface area contributed by atoms with Gasteiger partial charge in [-0.05, 0) is 26.3 Å². The van der Waals surface area contributed by atoms with Gasteiger partial charge >= 0.3 is 5.97 Å². The van der Waals surface area contributed by atoms with Crippen molar-refractivity contribution < 1.29 is 14.3 Å². The van der Waals surface area contributed by atoms with Gasteiger partial charge in [0.1, 0.15) is 5.75 Å². The molecule has 0 amide bonds. The topological polar surface area (TPSA) is 61.5 Å². The minimum atomic E-state index is -0.629. The lowest BCUT2D eigenvalue weighted by molar-refractivity contribution is -0.150. The molecule has 0 radical (unpaired) electrons. The van der Waals surface area contributed by atoms with Gasteiger partial charge in [0, 0.05) is 11.6 Å². The zero-order valence-corrected chi connectivity index (χ0v) is 11.2. The van der Waals surface area contributed by atoms with Crippen molar-refractivity contribution in [2.45, 2.75) is 39.3 Å². The molecule has 0 aromatic heterocycles. The minimum Gasteiger partial charge on any atom is -0.479 e. The maximum Gasteiger partial charge on any atom is 0.347 e. The van der Waals surface area contributed by atoms with Crippen LogP contribution >= 0.6 is 0 Å². The molecular weight excluding hydrogens is 230 g/mol. The summed E-state index contributed by atoms with van der Waals surface area (Å²) in [6.07, 6.45) is 0.184. The molecular formula is C14H21NO3. The number of carbonyl (C=O) groups is 1. The first-order chi connectivity index (χ1) is 8.60. The second-order valence-electron chi connectivity index (χ2n) is 4.06. The molecule has 1 aromatic rings. The number of para-hydroxylation sites is 1. The largest absolute Gasteiger partial charge is 0.479 e. The van der Waals surface area contributed by atoms with Crippen LogP contribution in [-0.4, -0.2) is 18.7 Å². The van der Waals surface area contributed by atoms with Crippen LogP contribution in [0.2, 0.25) is 0 Å². The van der Waals surface area contributed by atoms with Gasteiger partial charge in [-0.3, -0.25) is 0 Å². The molecule has 0 aliphatic carbocycles. The van der Waals surface area contributed by atoms with Gasteiger partial charge in [0.05, 0.1) is 6.61 Å². The zero-order valence-electron chi connectivity index (χ0n) is 11.2. The third-order valence-electron chi connectivity index (χ3n) is 2.68. The van der Waals surface area contributed by atoms with E-state index in [2.05, 4.69) is 0 Å². The van der Waals surface area contributed by atoms with Gasteiger partial charge in [-0.1, -0.05) is 25.1 Å². The molecule has 4 nitrogen and oxygen atoms in total. The van der Waals surface area contributed by atoms with Gasteiger partial charge in [-0.25, -0.2) is 4.79 Å². The van der Waals surface area contributed by atoms with E-state index < -0.39 is 6.10 Å². The highest BCUT2D eigenvalue weighted by molar-refractivity contribution is 5.74. The van der Waals surface area contributed by atoms with Crippen LogP contribution in [0.4, 0.5) is 0 Å². The lowest BCUT2D eigenvalue weighted by atomic mass is 10.0. The van der Waals surface area contributed by atoms with Crippen molar-refractivity contribution in [1.29, 1.82) is 0 Å². The Morgan fingerprint density at radius 3 is 2.61 bits per heavy atom. The number of benzene rings is 1. The van der Waals surface area contributed by atoms with Crippen LogP contribution in [0, 0.1) is 0 Å². The van der Waals surface area contributed by atoms with Crippen LogP contribution in [0.1, 0.15) is 38.8 Å². The molecule has 2 N–H and O–H groups in total. The molecule has 1 aromatic carbocycles. The summed E-state index contributed by atoms with van der Waals surface area (Å²) in [6, 6.07) is 7.42. The Kier molecular flexibility index (Phi) is 5.65. The van der Waals surface area contributed by atoms with Crippen molar-refractivity contribution in [3.8, 4) is 5.75 Å². The molecule has 2 atom stereocenters. The summed E-state index contributed by atoms with van der Waals surface area (Å²) in [6.45, 7) is 5.80. The van der Waals surface area contributed by atoms with Gasteiger partial charge in [-0.2, -0.15) is 0 Å². The number of rotatable bonds is 6. The Morgan fingerprint density at radius 2 is 2.00 bits per heavy atom. The summed E-state index contributed by atoms with van der Waals surface area (Å²) < 4.78 is 10.5. The monoisotopic (exact) mass is 251 g/mol. The fraction of sp³-hybridized carbons (Fsp3) is 0.500. The maximum absolute atomic E-state index is 11.5. The fourth-order valence-corrected chi connectivity index (χ4v) is 1.61. The summed E-state index contributed by atoms with van der Waals surface area (Å²) >= 11 is 0. The third kappa shape index (κ3) is 3.74. The van der Waals surface area contributed by atoms with Crippen LogP contribution in [-0.2, 0) is 9.53 Å². The average Bonchev–Trinajstić information content (AvgIpc) is 2.38. The van der Waals surface area contributed by atoms with E-state index in [1.807, 2.05) is 31.2 Å². The molecule has 4 heteroatoms. The van der Waals surface area contributed by atoms with Crippen LogP contribution in [0.5, 0.6) is 5.75 Å². The molecule has 0 aliphatic heterocycles. The molecule has 0 bridgehead atoms. The molecule has 0 spiro atoms. The van der Waals surface area contributed by atoms with E-state index in [4.69, 9.17) is 15.2 Å². The Labute approximate surface area is 108 Å². The maximum atomic E-state index is 11.5. The van der Waals surface area contributed by atoms with Crippen LogP contribution < -0.4 is 10.5 Å². The normalized spacial score (nSPS) is 13.8. The van der Waals surface area contributed by atoms with Crippen molar-refractivity contribution in [3.63, 3.8) is 0 Å². The molecule has 0 fully saturated rings. The van der Waals surface area contributed by atoms with Crippen molar-refractivity contribution in [1.82, 2.24) is 0 Å². The highest BCUT2D eigenvalue weighted by Gasteiger charge is 2.18.